The normalized spacial score (nSPS) is 10.3. The molecule has 0 aliphatic rings. The number of hydrogen-bond donors (Lipinski definition) is 2. The van der Waals surface area contributed by atoms with Crippen LogP contribution in [0.2, 0.25) is 0 Å². The van der Waals surface area contributed by atoms with Crippen LogP contribution in [0.3, 0.4) is 0 Å². The lowest BCUT2D eigenvalue weighted by molar-refractivity contribution is 0.0952. The zero-order valence-corrected chi connectivity index (χ0v) is 10.0. The first kappa shape index (κ1) is 12.1. The third-order valence-electron chi connectivity index (χ3n) is 2.52. The number of aromatic nitrogens is 3. The summed E-state index contributed by atoms with van der Waals surface area (Å²) < 4.78 is 1.71. The number of carbonyl (C=O) groups excluding carboxylic acids is 1. The van der Waals surface area contributed by atoms with E-state index in [0.717, 1.165) is 5.56 Å². The summed E-state index contributed by atoms with van der Waals surface area (Å²) in [6.07, 6.45) is 5.82. The average Bonchev–Trinajstić information content (AvgIpc) is 2.75. The third-order valence-corrected chi connectivity index (χ3v) is 2.52. The minimum Gasteiger partial charge on any atom is -0.352 e. The van der Waals surface area contributed by atoms with Crippen LogP contribution in [0.15, 0.2) is 35.5 Å². The molecule has 0 spiro atoms. The predicted molar refractivity (Wildman–Crippen MR) is 66.3 cm³/mol. The standard InChI is InChI=1S/C12H14N4O2/c1-16-8-9(7-15-16)4-6-14-12(18)10-3-2-5-13-11(10)17/h2-3,5,7-8H,4,6H2,1H3,(H,13,17)(H,14,18). The lowest BCUT2D eigenvalue weighted by atomic mass is 10.2. The lowest BCUT2D eigenvalue weighted by Gasteiger charge is -2.02. The second-order valence-corrected chi connectivity index (χ2v) is 3.94. The molecular formula is C12H14N4O2. The van der Waals surface area contributed by atoms with E-state index in [1.807, 2.05) is 13.2 Å². The van der Waals surface area contributed by atoms with Crippen molar-refractivity contribution >= 4 is 5.91 Å². The van der Waals surface area contributed by atoms with Crippen molar-refractivity contribution in [2.75, 3.05) is 6.54 Å². The van der Waals surface area contributed by atoms with Crippen molar-refractivity contribution in [3.8, 4) is 0 Å². The summed E-state index contributed by atoms with van der Waals surface area (Å²) in [4.78, 5) is 25.5. The van der Waals surface area contributed by atoms with Crippen LogP contribution >= 0.6 is 0 Å². The van der Waals surface area contributed by atoms with Gasteiger partial charge in [0, 0.05) is 26.0 Å². The molecule has 1 amide bonds. The van der Waals surface area contributed by atoms with Gasteiger partial charge < -0.3 is 10.3 Å². The summed E-state index contributed by atoms with van der Waals surface area (Å²) in [5, 5.41) is 6.74. The van der Waals surface area contributed by atoms with E-state index in [1.165, 1.54) is 12.3 Å². The molecule has 6 nitrogen and oxygen atoms in total. The molecule has 6 heteroatoms. The maximum Gasteiger partial charge on any atom is 0.260 e. The zero-order chi connectivity index (χ0) is 13.0. The number of rotatable bonds is 4. The van der Waals surface area contributed by atoms with Crippen molar-refractivity contribution in [1.29, 1.82) is 0 Å². The number of H-pyrrole nitrogens is 1. The van der Waals surface area contributed by atoms with Gasteiger partial charge in [0.2, 0.25) is 0 Å². The molecule has 0 aromatic carbocycles. The van der Waals surface area contributed by atoms with Gasteiger partial charge in [0.05, 0.1) is 6.20 Å². The zero-order valence-electron chi connectivity index (χ0n) is 10.0. The van der Waals surface area contributed by atoms with Gasteiger partial charge in [-0.3, -0.25) is 14.3 Å². The van der Waals surface area contributed by atoms with Gasteiger partial charge in [-0.25, -0.2) is 0 Å². The quantitative estimate of drug-likeness (QED) is 0.801. The molecule has 0 fully saturated rings. The molecule has 2 heterocycles. The Kier molecular flexibility index (Phi) is 3.57. The highest BCUT2D eigenvalue weighted by Crippen LogP contribution is 1.96. The molecule has 94 valence electrons. The fraction of sp³-hybridized carbons (Fsp3) is 0.250. The molecule has 0 unspecified atom stereocenters. The molecule has 2 rings (SSSR count). The number of nitrogens with one attached hydrogen (secondary N) is 2. The van der Waals surface area contributed by atoms with E-state index in [0.29, 0.717) is 13.0 Å². The number of carbonyl (C=O) groups is 1. The van der Waals surface area contributed by atoms with Crippen LogP contribution in [-0.2, 0) is 13.5 Å². The maximum absolute atomic E-state index is 11.7. The third kappa shape index (κ3) is 2.85. The summed E-state index contributed by atoms with van der Waals surface area (Å²) in [7, 11) is 1.84. The van der Waals surface area contributed by atoms with E-state index in [1.54, 1.807) is 16.9 Å². The van der Waals surface area contributed by atoms with Crippen LogP contribution < -0.4 is 10.9 Å². The van der Waals surface area contributed by atoms with Gasteiger partial charge >= 0.3 is 0 Å². The first-order chi connectivity index (χ1) is 8.66. The fourth-order valence-corrected chi connectivity index (χ4v) is 1.62. The molecule has 0 aliphatic carbocycles. The number of aromatic amines is 1. The lowest BCUT2D eigenvalue weighted by Crippen LogP contribution is -2.30. The molecular weight excluding hydrogens is 232 g/mol. The van der Waals surface area contributed by atoms with Crippen LogP contribution in [0.4, 0.5) is 0 Å². The van der Waals surface area contributed by atoms with E-state index in [9.17, 15) is 9.59 Å². The largest absolute Gasteiger partial charge is 0.352 e. The molecule has 2 aromatic heterocycles. The molecule has 18 heavy (non-hydrogen) atoms. The number of nitrogens with zero attached hydrogens (tertiary/aromatic N) is 2. The molecule has 0 aliphatic heterocycles. The smallest absolute Gasteiger partial charge is 0.260 e. The van der Waals surface area contributed by atoms with Crippen LogP contribution in [0.25, 0.3) is 0 Å². The Labute approximate surface area is 104 Å². The molecule has 0 radical (unpaired) electrons. The summed E-state index contributed by atoms with van der Waals surface area (Å²) in [6.45, 7) is 0.471. The molecule has 2 aromatic rings. The van der Waals surface area contributed by atoms with E-state index in [-0.39, 0.29) is 17.0 Å². The molecule has 0 atom stereocenters. The molecule has 0 saturated carbocycles. The Hall–Kier alpha value is -2.37. The summed E-state index contributed by atoms with van der Waals surface area (Å²) >= 11 is 0. The van der Waals surface area contributed by atoms with E-state index in [4.69, 9.17) is 0 Å². The monoisotopic (exact) mass is 246 g/mol. The van der Waals surface area contributed by atoms with Crippen molar-refractivity contribution in [3.05, 3.63) is 52.2 Å². The topological polar surface area (TPSA) is 79.8 Å². The van der Waals surface area contributed by atoms with Crippen molar-refractivity contribution < 1.29 is 4.79 Å². The Morgan fingerprint density at radius 1 is 1.56 bits per heavy atom. The van der Waals surface area contributed by atoms with Gasteiger partial charge in [-0.05, 0) is 24.1 Å². The van der Waals surface area contributed by atoms with Gasteiger partial charge in [-0.2, -0.15) is 5.10 Å². The van der Waals surface area contributed by atoms with Crippen molar-refractivity contribution in [2.24, 2.45) is 7.05 Å². The van der Waals surface area contributed by atoms with Crippen molar-refractivity contribution in [1.82, 2.24) is 20.1 Å². The minimum absolute atomic E-state index is 0.128. The number of pyridine rings is 1. The van der Waals surface area contributed by atoms with Gasteiger partial charge in [-0.15, -0.1) is 0 Å². The van der Waals surface area contributed by atoms with E-state index in [2.05, 4.69) is 15.4 Å². The van der Waals surface area contributed by atoms with Gasteiger partial charge in [0.1, 0.15) is 5.56 Å². The van der Waals surface area contributed by atoms with E-state index >= 15 is 0 Å². The Morgan fingerprint density at radius 2 is 2.39 bits per heavy atom. The van der Waals surface area contributed by atoms with Gasteiger partial charge in [0.15, 0.2) is 0 Å². The molecule has 0 saturated heterocycles. The number of amides is 1. The first-order valence-electron chi connectivity index (χ1n) is 5.60. The number of hydrogen-bond acceptors (Lipinski definition) is 3. The minimum atomic E-state index is -0.378. The van der Waals surface area contributed by atoms with Crippen LogP contribution in [0.5, 0.6) is 0 Å². The van der Waals surface area contributed by atoms with Crippen molar-refractivity contribution in [3.63, 3.8) is 0 Å². The SMILES string of the molecule is Cn1cc(CCNC(=O)c2ccc[nH]c2=O)cn1. The second-order valence-electron chi connectivity index (χ2n) is 3.94. The second kappa shape index (κ2) is 5.31. The predicted octanol–water partition coefficient (Wildman–Crippen LogP) is 0.0809. The van der Waals surface area contributed by atoms with Crippen LogP contribution in [-0.4, -0.2) is 27.2 Å². The Bertz CT molecular complexity index is 600. The highest BCUT2D eigenvalue weighted by molar-refractivity contribution is 5.93. The average molecular weight is 246 g/mol. The van der Waals surface area contributed by atoms with Gasteiger partial charge in [-0.1, -0.05) is 0 Å². The first-order valence-corrected chi connectivity index (χ1v) is 5.60. The van der Waals surface area contributed by atoms with E-state index < -0.39 is 0 Å². The van der Waals surface area contributed by atoms with Crippen LogP contribution in [0, 0.1) is 0 Å². The Balaban J connectivity index is 1.89. The highest BCUT2D eigenvalue weighted by atomic mass is 16.2. The van der Waals surface area contributed by atoms with Crippen LogP contribution in [0.1, 0.15) is 15.9 Å². The fourth-order valence-electron chi connectivity index (χ4n) is 1.62. The number of aryl methyl sites for hydroxylation is 1. The highest BCUT2D eigenvalue weighted by Gasteiger charge is 2.08. The maximum atomic E-state index is 11.7. The Morgan fingerprint density at radius 3 is 3.06 bits per heavy atom. The summed E-state index contributed by atoms with van der Waals surface area (Å²) in [5.74, 6) is -0.360. The van der Waals surface area contributed by atoms with Gasteiger partial charge in [0.25, 0.3) is 11.5 Å². The van der Waals surface area contributed by atoms with Crippen molar-refractivity contribution in [2.45, 2.75) is 6.42 Å². The molecule has 0 bridgehead atoms. The summed E-state index contributed by atoms with van der Waals surface area (Å²) in [6, 6.07) is 3.12. The molecule has 2 N–H and O–H groups in total. The summed E-state index contributed by atoms with van der Waals surface area (Å²) in [5.41, 5.74) is 0.792.